The van der Waals surface area contributed by atoms with Crippen LogP contribution in [0.4, 0.5) is 0 Å². The van der Waals surface area contributed by atoms with Gasteiger partial charge in [0, 0.05) is 26.7 Å². The van der Waals surface area contributed by atoms with Crippen LogP contribution in [-0.2, 0) is 15.0 Å². The van der Waals surface area contributed by atoms with Crippen molar-refractivity contribution in [3.63, 3.8) is 0 Å². The quantitative estimate of drug-likeness (QED) is 0.774. The summed E-state index contributed by atoms with van der Waals surface area (Å²) in [5.41, 5.74) is 0. The van der Waals surface area contributed by atoms with Gasteiger partial charge in [-0.05, 0) is 19.8 Å². The van der Waals surface area contributed by atoms with Gasteiger partial charge in [0.15, 0.2) is 0 Å². The molecule has 8 heteroatoms. The number of rotatable bonds is 5. The fourth-order valence-electron chi connectivity index (χ4n) is 2.07. The molecule has 0 aromatic rings. The molecule has 1 aliphatic heterocycles. The molecule has 0 spiro atoms. The number of hydrogen-bond donors (Lipinski definition) is 1. The summed E-state index contributed by atoms with van der Waals surface area (Å²) in [6.07, 6.45) is 1.04. The van der Waals surface area contributed by atoms with E-state index in [0.717, 1.165) is 4.31 Å². The van der Waals surface area contributed by atoms with E-state index < -0.39 is 28.0 Å². The molecular weight excluding hydrogens is 270 g/mol. The van der Waals surface area contributed by atoms with Crippen molar-refractivity contribution in [2.45, 2.75) is 19.8 Å². The maximum Gasteiger partial charge on any atom is 0.307 e. The van der Waals surface area contributed by atoms with E-state index in [9.17, 15) is 13.2 Å². The highest BCUT2D eigenvalue weighted by Crippen LogP contribution is 2.21. The third kappa shape index (κ3) is 3.89. The average molecular weight is 289 g/mol. The molecule has 0 saturated carbocycles. The van der Waals surface area contributed by atoms with Crippen molar-refractivity contribution in [3.05, 3.63) is 0 Å². The Kier molecular flexibility index (Phi) is 5.29. The molecule has 1 rings (SSSR count). The molecule has 0 aromatic carbocycles. The smallest absolute Gasteiger partial charge is 0.307 e. The summed E-state index contributed by atoms with van der Waals surface area (Å²) in [5.74, 6) is -2.02. The third-order valence-electron chi connectivity index (χ3n) is 3.20. The normalized spacial score (nSPS) is 22.9. The van der Waals surface area contributed by atoms with Crippen molar-refractivity contribution in [1.29, 1.82) is 5.26 Å². The van der Waals surface area contributed by atoms with Crippen molar-refractivity contribution in [2.24, 2.45) is 11.8 Å². The Bertz CT molecular complexity index is 471. The minimum absolute atomic E-state index is 0.00292. The number of carbonyl (C=O) groups is 1. The molecular formula is C11H19N3O4S. The largest absolute Gasteiger partial charge is 0.481 e. The van der Waals surface area contributed by atoms with Crippen LogP contribution in [0.25, 0.3) is 0 Å². The molecule has 1 aliphatic rings. The van der Waals surface area contributed by atoms with Gasteiger partial charge in [-0.2, -0.15) is 22.3 Å². The van der Waals surface area contributed by atoms with Crippen LogP contribution in [0.1, 0.15) is 19.8 Å². The molecule has 0 aromatic heterocycles. The van der Waals surface area contributed by atoms with E-state index in [1.165, 1.54) is 11.4 Å². The second-order valence-electron chi connectivity index (χ2n) is 4.85. The number of nitriles is 1. The molecule has 2 unspecified atom stereocenters. The lowest BCUT2D eigenvalue weighted by atomic mass is 10.0. The van der Waals surface area contributed by atoms with E-state index in [1.54, 1.807) is 6.92 Å². The van der Waals surface area contributed by atoms with E-state index >= 15 is 0 Å². The molecule has 19 heavy (non-hydrogen) atoms. The summed E-state index contributed by atoms with van der Waals surface area (Å²) >= 11 is 0. The van der Waals surface area contributed by atoms with Gasteiger partial charge in [-0.15, -0.1) is 0 Å². The first-order valence-electron chi connectivity index (χ1n) is 6.13. The van der Waals surface area contributed by atoms with Gasteiger partial charge in [-0.3, -0.25) is 4.79 Å². The van der Waals surface area contributed by atoms with Crippen LogP contribution in [0.15, 0.2) is 0 Å². The lowest BCUT2D eigenvalue weighted by Gasteiger charge is -2.33. The summed E-state index contributed by atoms with van der Waals surface area (Å²) in [7, 11) is -2.27. The molecule has 108 valence electrons. The topological polar surface area (TPSA) is 102 Å². The average Bonchev–Trinajstić information content (AvgIpc) is 2.38. The molecule has 1 saturated heterocycles. The standard InChI is InChI=1S/C11H19N3O4S/c1-9(6-12)7-13(2)19(17,18)14-5-3-4-10(8-14)11(15)16/h9-10H,3-5,7-8H2,1-2H3,(H,15,16). The van der Waals surface area contributed by atoms with E-state index in [0.29, 0.717) is 19.4 Å². The van der Waals surface area contributed by atoms with Crippen LogP contribution in [0, 0.1) is 23.2 Å². The van der Waals surface area contributed by atoms with Gasteiger partial charge in [0.1, 0.15) is 0 Å². The first-order valence-corrected chi connectivity index (χ1v) is 7.52. The highest BCUT2D eigenvalue weighted by Gasteiger charge is 2.34. The van der Waals surface area contributed by atoms with E-state index in [2.05, 4.69) is 0 Å². The van der Waals surface area contributed by atoms with Gasteiger partial charge >= 0.3 is 5.97 Å². The van der Waals surface area contributed by atoms with Crippen molar-refractivity contribution in [3.8, 4) is 6.07 Å². The van der Waals surface area contributed by atoms with Crippen LogP contribution < -0.4 is 0 Å². The van der Waals surface area contributed by atoms with Crippen molar-refractivity contribution >= 4 is 16.2 Å². The number of hydrogen-bond acceptors (Lipinski definition) is 4. The molecule has 1 fully saturated rings. The Morgan fingerprint density at radius 3 is 2.79 bits per heavy atom. The van der Waals surface area contributed by atoms with Gasteiger partial charge in [-0.1, -0.05) is 0 Å². The minimum atomic E-state index is -3.68. The van der Waals surface area contributed by atoms with E-state index in [-0.39, 0.29) is 13.1 Å². The van der Waals surface area contributed by atoms with Gasteiger partial charge < -0.3 is 5.11 Å². The summed E-state index contributed by atoms with van der Waals surface area (Å²) in [4.78, 5) is 10.9. The Morgan fingerprint density at radius 1 is 1.63 bits per heavy atom. The second-order valence-corrected chi connectivity index (χ2v) is 6.89. The summed E-state index contributed by atoms with van der Waals surface area (Å²) in [6.45, 7) is 2.08. The Balaban J connectivity index is 2.77. The number of aliphatic carboxylic acids is 1. The van der Waals surface area contributed by atoms with Crippen LogP contribution in [0.2, 0.25) is 0 Å². The first kappa shape index (κ1) is 15.9. The molecule has 0 amide bonds. The predicted octanol–water partition coefficient (Wildman–Crippen LogP) is 0.119. The van der Waals surface area contributed by atoms with Crippen LogP contribution in [0.3, 0.4) is 0 Å². The summed E-state index contributed by atoms with van der Waals surface area (Å²) < 4.78 is 26.8. The monoisotopic (exact) mass is 289 g/mol. The third-order valence-corrected chi connectivity index (χ3v) is 5.13. The molecule has 1 heterocycles. The number of carboxylic acids is 1. The Hall–Kier alpha value is -1.17. The zero-order chi connectivity index (χ0) is 14.6. The van der Waals surface area contributed by atoms with E-state index in [1.807, 2.05) is 6.07 Å². The van der Waals surface area contributed by atoms with Gasteiger partial charge in [0.2, 0.25) is 0 Å². The first-order chi connectivity index (χ1) is 8.78. The van der Waals surface area contributed by atoms with E-state index in [4.69, 9.17) is 10.4 Å². The number of piperidine rings is 1. The van der Waals surface area contributed by atoms with Gasteiger partial charge in [0.25, 0.3) is 10.2 Å². The fourth-order valence-corrected chi connectivity index (χ4v) is 3.61. The van der Waals surface area contributed by atoms with Crippen molar-refractivity contribution < 1.29 is 18.3 Å². The highest BCUT2D eigenvalue weighted by atomic mass is 32.2. The Morgan fingerprint density at radius 2 is 2.26 bits per heavy atom. The lowest BCUT2D eigenvalue weighted by molar-refractivity contribution is -0.142. The number of carboxylic acid groups (broad SMARTS) is 1. The fraction of sp³-hybridized carbons (Fsp3) is 0.818. The number of nitrogens with zero attached hydrogens (tertiary/aromatic N) is 3. The van der Waals surface area contributed by atoms with Crippen LogP contribution >= 0.6 is 0 Å². The molecule has 0 aliphatic carbocycles. The second kappa shape index (κ2) is 6.32. The maximum absolute atomic E-state index is 12.3. The zero-order valence-electron chi connectivity index (χ0n) is 11.1. The molecule has 7 nitrogen and oxygen atoms in total. The Labute approximate surface area is 113 Å². The highest BCUT2D eigenvalue weighted by molar-refractivity contribution is 7.86. The van der Waals surface area contributed by atoms with Crippen LogP contribution in [0.5, 0.6) is 0 Å². The van der Waals surface area contributed by atoms with Crippen molar-refractivity contribution in [2.75, 3.05) is 26.7 Å². The summed E-state index contributed by atoms with van der Waals surface area (Å²) in [6, 6.07) is 1.98. The molecule has 2 atom stereocenters. The lowest BCUT2D eigenvalue weighted by Crippen LogP contribution is -2.48. The maximum atomic E-state index is 12.3. The summed E-state index contributed by atoms with van der Waals surface area (Å²) in [5, 5.41) is 17.7. The van der Waals surface area contributed by atoms with Gasteiger partial charge in [-0.25, -0.2) is 0 Å². The predicted molar refractivity (Wildman–Crippen MR) is 68.3 cm³/mol. The molecule has 1 N–H and O–H groups in total. The SMILES string of the molecule is CC(C#N)CN(C)S(=O)(=O)N1CCCC(C(=O)O)C1. The molecule has 0 radical (unpaired) electrons. The minimum Gasteiger partial charge on any atom is -0.481 e. The van der Waals surface area contributed by atoms with Crippen LogP contribution in [-0.4, -0.2) is 54.8 Å². The van der Waals surface area contributed by atoms with Crippen molar-refractivity contribution in [1.82, 2.24) is 8.61 Å². The van der Waals surface area contributed by atoms with Gasteiger partial charge in [0.05, 0.1) is 17.9 Å². The molecule has 0 bridgehead atoms. The zero-order valence-corrected chi connectivity index (χ0v) is 11.9.